The van der Waals surface area contributed by atoms with Crippen LogP contribution in [-0.4, -0.2) is 11.2 Å². The van der Waals surface area contributed by atoms with E-state index < -0.39 is 0 Å². The Kier molecular flexibility index (Phi) is 5.45. The fraction of sp³-hybridized carbons (Fsp3) is 0.667. The molecule has 0 aliphatic heterocycles. The van der Waals surface area contributed by atoms with Gasteiger partial charge in [0.15, 0.2) is 0 Å². The van der Waals surface area contributed by atoms with E-state index in [0.29, 0.717) is 5.92 Å². The van der Waals surface area contributed by atoms with Gasteiger partial charge in [0, 0.05) is 0 Å². The fourth-order valence-electron chi connectivity index (χ4n) is 3.48. The molecule has 3 unspecified atom stereocenters. The van der Waals surface area contributed by atoms with Gasteiger partial charge in [-0.15, -0.1) is 0 Å². The summed E-state index contributed by atoms with van der Waals surface area (Å²) in [6, 6.07) is 8.54. The molecule has 1 N–H and O–H groups in total. The van der Waals surface area contributed by atoms with Crippen LogP contribution in [-0.2, 0) is 6.42 Å². The van der Waals surface area contributed by atoms with E-state index in [0.717, 1.165) is 18.8 Å². The lowest BCUT2D eigenvalue weighted by Crippen LogP contribution is -2.27. The molecule has 0 spiro atoms. The molecule has 1 aromatic carbocycles. The highest BCUT2D eigenvalue weighted by molar-refractivity contribution is 5.25. The van der Waals surface area contributed by atoms with Gasteiger partial charge in [-0.2, -0.15) is 0 Å². The first-order chi connectivity index (χ1) is 9.20. The zero-order valence-corrected chi connectivity index (χ0v) is 12.4. The summed E-state index contributed by atoms with van der Waals surface area (Å²) in [6.45, 7) is 4.45. The zero-order valence-electron chi connectivity index (χ0n) is 12.4. The van der Waals surface area contributed by atoms with Gasteiger partial charge in [-0.3, -0.25) is 0 Å². The number of aryl methyl sites for hydroxylation is 2. The van der Waals surface area contributed by atoms with Crippen LogP contribution in [0, 0.1) is 18.8 Å². The third kappa shape index (κ3) is 4.07. The number of hydrogen-bond acceptors (Lipinski definition) is 1. The Labute approximate surface area is 118 Å². The van der Waals surface area contributed by atoms with Gasteiger partial charge in [-0.25, -0.2) is 0 Å². The first-order valence-electron chi connectivity index (χ1n) is 7.93. The molecule has 1 heteroatoms. The van der Waals surface area contributed by atoms with E-state index >= 15 is 0 Å². The van der Waals surface area contributed by atoms with Crippen LogP contribution in [0.1, 0.15) is 56.6 Å². The van der Waals surface area contributed by atoms with Crippen molar-refractivity contribution in [1.29, 1.82) is 0 Å². The minimum Gasteiger partial charge on any atom is -0.393 e. The van der Waals surface area contributed by atoms with E-state index in [1.807, 2.05) is 0 Å². The fourth-order valence-corrected chi connectivity index (χ4v) is 3.48. The molecule has 0 bridgehead atoms. The summed E-state index contributed by atoms with van der Waals surface area (Å²) in [5.41, 5.74) is 2.74. The van der Waals surface area contributed by atoms with Gasteiger partial charge >= 0.3 is 0 Å². The minimum absolute atomic E-state index is 0.103. The summed E-state index contributed by atoms with van der Waals surface area (Å²) in [5, 5.41) is 10.4. The van der Waals surface area contributed by atoms with Gasteiger partial charge in [0.25, 0.3) is 0 Å². The van der Waals surface area contributed by atoms with E-state index in [1.165, 1.54) is 43.2 Å². The molecule has 1 aliphatic rings. The maximum absolute atomic E-state index is 10.4. The monoisotopic (exact) mass is 260 g/mol. The Balaban J connectivity index is 1.84. The van der Waals surface area contributed by atoms with Crippen LogP contribution in [0.25, 0.3) is 0 Å². The molecule has 0 heterocycles. The van der Waals surface area contributed by atoms with Crippen molar-refractivity contribution >= 4 is 0 Å². The Morgan fingerprint density at radius 2 is 2.05 bits per heavy atom. The summed E-state index contributed by atoms with van der Waals surface area (Å²) >= 11 is 0. The van der Waals surface area contributed by atoms with E-state index in [2.05, 4.69) is 38.1 Å². The van der Waals surface area contributed by atoms with E-state index in [-0.39, 0.29) is 6.10 Å². The molecule has 1 aliphatic carbocycles. The molecule has 0 amide bonds. The molecular formula is C18H28O. The molecule has 106 valence electrons. The van der Waals surface area contributed by atoms with Crippen LogP contribution in [0.3, 0.4) is 0 Å². The van der Waals surface area contributed by atoms with Crippen molar-refractivity contribution in [2.24, 2.45) is 11.8 Å². The van der Waals surface area contributed by atoms with Crippen LogP contribution in [0.4, 0.5) is 0 Å². The normalized spacial score (nSPS) is 25.2. The standard InChI is InChI=1S/C18H28O/c1-3-15-8-6-10-17(13-15)18(19)12-11-16-9-5-4-7-14(16)2/h4-5,7,9,15,17-19H,3,6,8,10-13H2,1-2H3. The summed E-state index contributed by atoms with van der Waals surface area (Å²) in [4.78, 5) is 0. The quantitative estimate of drug-likeness (QED) is 0.826. The van der Waals surface area contributed by atoms with Crippen molar-refractivity contribution in [3.05, 3.63) is 35.4 Å². The van der Waals surface area contributed by atoms with E-state index in [4.69, 9.17) is 0 Å². The lowest BCUT2D eigenvalue weighted by atomic mass is 9.76. The highest BCUT2D eigenvalue weighted by atomic mass is 16.3. The highest BCUT2D eigenvalue weighted by Crippen LogP contribution is 2.34. The van der Waals surface area contributed by atoms with Gasteiger partial charge in [0.1, 0.15) is 0 Å². The van der Waals surface area contributed by atoms with Crippen molar-refractivity contribution in [1.82, 2.24) is 0 Å². The number of aliphatic hydroxyl groups is 1. The SMILES string of the molecule is CCC1CCCC(C(O)CCc2ccccc2C)C1. The van der Waals surface area contributed by atoms with Crippen LogP contribution in [0.2, 0.25) is 0 Å². The Hall–Kier alpha value is -0.820. The third-order valence-corrected chi connectivity index (χ3v) is 4.92. The maximum atomic E-state index is 10.4. The van der Waals surface area contributed by atoms with Crippen molar-refractivity contribution in [2.45, 2.75) is 64.9 Å². The summed E-state index contributed by atoms with van der Waals surface area (Å²) in [6.07, 6.45) is 8.27. The Morgan fingerprint density at radius 3 is 2.79 bits per heavy atom. The van der Waals surface area contributed by atoms with Crippen LogP contribution < -0.4 is 0 Å². The first-order valence-corrected chi connectivity index (χ1v) is 7.93. The van der Waals surface area contributed by atoms with Crippen LogP contribution >= 0.6 is 0 Å². The molecule has 3 atom stereocenters. The highest BCUT2D eigenvalue weighted by Gasteiger charge is 2.26. The molecule has 1 aromatic rings. The summed E-state index contributed by atoms with van der Waals surface area (Å²) in [5.74, 6) is 1.40. The number of rotatable bonds is 5. The number of benzene rings is 1. The molecule has 0 saturated heterocycles. The predicted octanol–water partition coefficient (Wildman–Crippen LogP) is 4.50. The largest absolute Gasteiger partial charge is 0.393 e. The van der Waals surface area contributed by atoms with Gasteiger partial charge in [-0.1, -0.05) is 50.5 Å². The van der Waals surface area contributed by atoms with Crippen LogP contribution in [0.5, 0.6) is 0 Å². The molecule has 1 saturated carbocycles. The topological polar surface area (TPSA) is 20.2 Å². The first kappa shape index (κ1) is 14.6. The van der Waals surface area contributed by atoms with Crippen molar-refractivity contribution in [3.63, 3.8) is 0 Å². The molecule has 0 aromatic heterocycles. The van der Waals surface area contributed by atoms with Crippen molar-refractivity contribution in [2.75, 3.05) is 0 Å². The molecule has 0 radical (unpaired) electrons. The second kappa shape index (κ2) is 7.09. The molecular weight excluding hydrogens is 232 g/mol. The van der Waals surface area contributed by atoms with E-state index in [1.54, 1.807) is 0 Å². The lowest BCUT2D eigenvalue weighted by Gasteiger charge is -2.31. The number of hydrogen-bond donors (Lipinski definition) is 1. The maximum Gasteiger partial charge on any atom is 0.0571 e. The number of aliphatic hydroxyl groups excluding tert-OH is 1. The zero-order chi connectivity index (χ0) is 13.7. The van der Waals surface area contributed by atoms with E-state index in [9.17, 15) is 5.11 Å². The second-order valence-corrected chi connectivity index (χ2v) is 6.23. The molecule has 2 rings (SSSR count). The molecule has 1 fully saturated rings. The van der Waals surface area contributed by atoms with Gasteiger partial charge in [0.2, 0.25) is 0 Å². The summed E-state index contributed by atoms with van der Waals surface area (Å²) in [7, 11) is 0. The second-order valence-electron chi connectivity index (χ2n) is 6.23. The van der Waals surface area contributed by atoms with Gasteiger partial charge in [-0.05, 0) is 55.6 Å². The average Bonchev–Trinajstić information content (AvgIpc) is 2.46. The smallest absolute Gasteiger partial charge is 0.0571 e. The van der Waals surface area contributed by atoms with Crippen LogP contribution in [0.15, 0.2) is 24.3 Å². The lowest BCUT2D eigenvalue weighted by molar-refractivity contribution is 0.0618. The van der Waals surface area contributed by atoms with Crippen molar-refractivity contribution < 1.29 is 5.11 Å². The third-order valence-electron chi connectivity index (χ3n) is 4.92. The summed E-state index contributed by atoms with van der Waals surface area (Å²) < 4.78 is 0. The predicted molar refractivity (Wildman–Crippen MR) is 81.2 cm³/mol. The van der Waals surface area contributed by atoms with Gasteiger partial charge in [0.05, 0.1) is 6.10 Å². The molecule has 1 nitrogen and oxygen atoms in total. The average molecular weight is 260 g/mol. The Bertz CT molecular complexity index is 385. The van der Waals surface area contributed by atoms with Gasteiger partial charge < -0.3 is 5.11 Å². The molecule has 19 heavy (non-hydrogen) atoms. The van der Waals surface area contributed by atoms with Crippen molar-refractivity contribution in [3.8, 4) is 0 Å². The minimum atomic E-state index is -0.103. The Morgan fingerprint density at radius 1 is 1.26 bits per heavy atom.